The van der Waals surface area contributed by atoms with Crippen LogP contribution in [0.4, 0.5) is 0 Å². The molecule has 0 amide bonds. The summed E-state index contributed by atoms with van der Waals surface area (Å²) in [7, 11) is 3.83. The number of aromatic nitrogens is 2. The van der Waals surface area contributed by atoms with Gasteiger partial charge in [0.15, 0.2) is 0 Å². The Morgan fingerprint density at radius 1 is 1.35 bits per heavy atom. The van der Waals surface area contributed by atoms with Crippen LogP contribution in [0.5, 0.6) is 0 Å². The lowest BCUT2D eigenvalue weighted by molar-refractivity contribution is -0.659. The van der Waals surface area contributed by atoms with Crippen LogP contribution < -0.4 is 10.3 Å². The molecular weight excluding hydrogens is 231 g/mol. The summed E-state index contributed by atoms with van der Waals surface area (Å²) >= 11 is 1.43. The highest BCUT2D eigenvalue weighted by atomic mass is 32.2. The lowest BCUT2D eigenvalue weighted by Gasteiger charge is -2.21. The van der Waals surface area contributed by atoms with E-state index in [-0.39, 0.29) is 0 Å². The molecule has 0 spiro atoms. The lowest BCUT2D eigenvalue weighted by atomic mass is 9.49. The minimum absolute atomic E-state index is 0.754. The molecule has 0 N–H and O–H groups in total. The Morgan fingerprint density at radius 3 is 2.18 bits per heavy atom. The zero-order valence-electron chi connectivity index (χ0n) is 11.0. The maximum atomic E-state index is 9.42. The number of hydrogen-bond donors (Lipinski definition) is 0. The van der Waals surface area contributed by atoms with E-state index in [4.69, 9.17) is 0 Å². The second kappa shape index (κ2) is 4.85. The Kier molecular flexibility index (Phi) is 3.90. The molecule has 0 aromatic carbocycles. The second-order valence-electron chi connectivity index (χ2n) is 4.15. The van der Waals surface area contributed by atoms with E-state index in [0.717, 1.165) is 22.9 Å². The number of rotatable bonds is 3. The number of imidazole rings is 1. The summed E-state index contributed by atoms with van der Waals surface area (Å²) < 4.78 is 3.93. The van der Waals surface area contributed by atoms with Crippen LogP contribution in [0.3, 0.4) is 0 Å². The van der Waals surface area contributed by atoms with Crippen molar-refractivity contribution in [3.8, 4) is 11.9 Å². The normalized spacial score (nSPS) is 11.0. The van der Waals surface area contributed by atoms with Gasteiger partial charge in [-0.25, -0.2) is 10.5 Å². The van der Waals surface area contributed by atoms with E-state index >= 15 is 0 Å². The van der Waals surface area contributed by atoms with Crippen molar-refractivity contribution in [1.82, 2.24) is 4.57 Å². The van der Waals surface area contributed by atoms with E-state index in [9.17, 15) is 10.5 Å². The molecule has 0 unspecified atom stereocenters. The van der Waals surface area contributed by atoms with Crippen LogP contribution in [0.2, 0.25) is 0 Å². The molecule has 90 valence electrons. The second-order valence-corrected chi connectivity index (χ2v) is 5.76. The molecule has 0 aliphatic heterocycles. The van der Waals surface area contributed by atoms with Gasteiger partial charge in [-0.2, -0.15) is 0 Å². The summed E-state index contributed by atoms with van der Waals surface area (Å²) in [6.45, 7) is 5.98. The van der Waals surface area contributed by atoms with E-state index in [2.05, 4.69) is 11.9 Å². The topological polar surface area (TPSA) is 56.4 Å². The Bertz CT molecular complexity index is 482. The van der Waals surface area contributed by atoms with Crippen molar-refractivity contribution in [1.29, 1.82) is 10.5 Å². The molecule has 0 aliphatic carbocycles. The SMILES string of the molecule is CCS[B-](C#N)(C#N)c1n(C)c(C)c(C)[n+]1C. The molecule has 1 rings (SSSR count). The molecule has 1 heterocycles. The third-order valence-electron chi connectivity index (χ3n) is 3.36. The molecular formula is C11H17BN4S. The van der Waals surface area contributed by atoms with E-state index in [1.165, 1.54) is 11.6 Å². The van der Waals surface area contributed by atoms with E-state index in [0.29, 0.717) is 0 Å². The summed E-state index contributed by atoms with van der Waals surface area (Å²) in [5.41, 5.74) is 1.12. The van der Waals surface area contributed by atoms with Gasteiger partial charge in [0.1, 0.15) is 17.1 Å². The highest BCUT2D eigenvalue weighted by molar-refractivity contribution is 8.32. The molecule has 0 radical (unpaired) electrons. The van der Waals surface area contributed by atoms with Crippen molar-refractivity contribution < 1.29 is 4.57 Å². The summed E-state index contributed by atoms with van der Waals surface area (Å²) in [6, 6.07) is 0. The van der Waals surface area contributed by atoms with E-state index in [1.54, 1.807) is 0 Å². The largest absolute Gasteiger partial charge is 0.364 e. The van der Waals surface area contributed by atoms with Crippen molar-refractivity contribution in [3.63, 3.8) is 0 Å². The van der Waals surface area contributed by atoms with Gasteiger partial charge < -0.3 is 11.6 Å². The van der Waals surface area contributed by atoms with Gasteiger partial charge in [0.25, 0.3) is 0 Å². The third kappa shape index (κ3) is 1.94. The zero-order valence-corrected chi connectivity index (χ0v) is 11.8. The quantitative estimate of drug-likeness (QED) is 0.578. The van der Waals surface area contributed by atoms with Crippen LogP contribution in [0.25, 0.3) is 0 Å². The average Bonchev–Trinajstić information content (AvgIpc) is 2.52. The van der Waals surface area contributed by atoms with Gasteiger partial charge in [-0.3, -0.25) is 9.13 Å². The first-order valence-corrected chi connectivity index (χ1v) is 6.63. The summed E-state index contributed by atoms with van der Waals surface area (Å²) in [4.78, 5) is 0. The van der Waals surface area contributed by atoms with Gasteiger partial charge in [0, 0.05) is 13.8 Å². The molecule has 1 aromatic rings. The highest BCUT2D eigenvalue weighted by Crippen LogP contribution is 2.18. The van der Waals surface area contributed by atoms with Crippen LogP contribution in [-0.2, 0) is 14.1 Å². The number of nitrogens with zero attached hydrogens (tertiary/aromatic N) is 4. The minimum Gasteiger partial charge on any atom is -0.331 e. The highest BCUT2D eigenvalue weighted by Gasteiger charge is 2.39. The molecule has 0 aliphatic rings. The Balaban J connectivity index is 3.57. The maximum absolute atomic E-state index is 9.42. The Hall–Kier alpha value is -1.40. The Labute approximate surface area is 107 Å². The fraction of sp³-hybridized carbons (Fsp3) is 0.545. The van der Waals surface area contributed by atoms with E-state index < -0.39 is 5.42 Å². The summed E-state index contributed by atoms with van der Waals surface area (Å²) in [6.07, 6.45) is 0. The number of nitriles is 2. The van der Waals surface area contributed by atoms with Gasteiger partial charge in [0.05, 0.1) is 14.1 Å². The molecule has 17 heavy (non-hydrogen) atoms. The van der Waals surface area contributed by atoms with Crippen LogP contribution in [-0.4, -0.2) is 15.7 Å². The van der Waals surface area contributed by atoms with Crippen molar-refractivity contribution >= 4 is 22.8 Å². The monoisotopic (exact) mass is 248 g/mol. The van der Waals surface area contributed by atoms with Gasteiger partial charge in [-0.05, 0) is 5.75 Å². The zero-order chi connectivity index (χ0) is 13.2. The maximum Gasteiger partial charge on any atom is 0.364 e. The smallest absolute Gasteiger partial charge is 0.331 e. The predicted octanol–water partition coefficient (Wildman–Crippen LogP) is 0.498. The van der Waals surface area contributed by atoms with Crippen molar-refractivity contribution in [2.75, 3.05) is 5.75 Å². The van der Waals surface area contributed by atoms with Gasteiger partial charge in [-0.15, -0.1) is 11.9 Å². The number of hydrogen-bond acceptors (Lipinski definition) is 3. The lowest BCUT2D eigenvalue weighted by Crippen LogP contribution is -2.62. The average molecular weight is 248 g/mol. The molecule has 0 saturated carbocycles. The fourth-order valence-corrected chi connectivity index (χ4v) is 3.26. The molecule has 6 heteroatoms. The molecule has 0 bridgehead atoms. The first-order chi connectivity index (χ1) is 7.95. The Morgan fingerprint density at radius 2 is 1.88 bits per heavy atom. The van der Waals surface area contributed by atoms with Crippen LogP contribution in [0.1, 0.15) is 18.3 Å². The van der Waals surface area contributed by atoms with Gasteiger partial charge >= 0.3 is 5.42 Å². The van der Waals surface area contributed by atoms with Gasteiger partial charge in [-0.1, -0.05) is 6.92 Å². The van der Waals surface area contributed by atoms with Crippen molar-refractivity contribution in [3.05, 3.63) is 11.4 Å². The van der Waals surface area contributed by atoms with Gasteiger partial charge in [0.2, 0.25) is 0 Å². The minimum atomic E-state index is -1.86. The van der Waals surface area contributed by atoms with Crippen LogP contribution in [0, 0.1) is 36.3 Å². The molecule has 0 atom stereocenters. The predicted molar refractivity (Wildman–Crippen MR) is 70.8 cm³/mol. The third-order valence-corrected chi connectivity index (χ3v) is 4.62. The first-order valence-electron chi connectivity index (χ1n) is 5.58. The standard InChI is InChI=1S/C11H17BN4S/c1-6-17-12(7-13,8-14)11-15(4)9(2)10(3)16(11)5/h6H2,1-5H3. The summed E-state index contributed by atoms with van der Waals surface area (Å²) in [5.74, 6) is 5.21. The van der Waals surface area contributed by atoms with Crippen molar-refractivity contribution in [2.24, 2.45) is 14.1 Å². The van der Waals surface area contributed by atoms with Crippen LogP contribution >= 0.6 is 11.6 Å². The molecule has 0 saturated heterocycles. The van der Waals surface area contributed by atoms with Crippen molar-refractivity contribution in [2.45, 2.75) is 20.8 Å². The molecule has 1 aromatic heterocycles. The fourth-order valence-electron chi connectivity index (χ4n) is 2.14. The van der Waals surface area contributed by atoms with Crippen LogP contribution in [0.15, 0.2) is 0 Å². The van der Waals surface area contributed by atoms with E-state index in [1.807, 2.05) is 44.0 Å². The molecule has 4 nitrogen and oxygen atoms in total. The summed E-state index contributed by atoms with van der Waals surface area (Å²) in [5, 5.41) is 18.8. The molecule has 0 fully saturated rings. The first kappa shape index (κ1) is 13.7.